The molecule has 1 heterocycles. The van der Waals surface area contributed by atoms with Gasteiger partial charge in [-0.1, -0.05) is 37.3 Å². The van der Waals surface area contributed by atoms with Crippen LogP contribution in [0.25, 0.3) is 10.9 Å². The molecule has 0 fully saturated rings. The summed E-state index contributed by atoms with van der Waals surface area (Å²) in [6.45, 7) is 6.62. The summed E-state index contributed by atoms with van der Waals surface area (Å²) in [7, 11) is 0. The number of benzene rings is 2. The Bertz CT molecular complexity index is 827. The number of nitrogens with zero attached hydrogens (tertiary/aromatic N) is 1. The molecular formula is C20H23FN2O. The molecule has 2 aromatic carbocycles. The van der Waals surface area contributed by atoms with Crippen molar-refractivity contribution in [2.45, 2.75) is 26.8 Å². The van der Waals surface area contributed by atoms with Gasteiger partial charge in [-0.2, -0.15) is 0 Å². The van der Waals surface area contributed by atoms with Crippen molar-refractivity contribution in [1.82, 2.24) is 9.88 Å². The number of H-pyrrole nitrogens is 1. The summed E-state index contributed by atoms with van der Waals surface area (Å²) in [6, 6.07) is 11.6. The van der Waals surface area contributed by atoms with E-state index >= 15 is 0 Å². The van der Waals surface area contributed by atoms with Crippen LogP contribution in [0.3, 0.4) is 0 Å². The lowest BCUT2D eigenvalue weighted by Gasteiger charge is -2.20. The van der Waals surface area contributed by atoms with E-state index in [0.29, 0.717) is 11.1 Å². The number of hydrogen-bond acceptors (Lipinski definition) is 2. The number of phenolic OH excluding ortho intramolecular Hbond substituents is 1. The van der Waals surface area contributed by atoms with Crippen molar-refractivity contribution in [2.24, 2.45) is 0 Å². The molecule has 0 spiro atoms. The van der Waals surface area contributed by atoms with Gasteiger partial charge in [0.25, 0.3) is 0 Å². The van der Waals surface area contributed by atoms with Crippen LogP contribution in [0, 0.1) is 12.7 Å². The summed E-state index contributed by atoms with van der Waals surface area (Å²) in [4.78, 5) is 5.47. The average molecular weight is 326 g/mol. The Hall–Kier alpha value is -2.33. The molecule has 3 nitrogen and oxygen atoms in total. The Morgan fingerprint density at radius 1 is 1.21 bits per heavy atom. The molecule has 3 aromatic rings. The van der Waals surface area contributed by atoms with Gasteiger partial charge in [0.1, 0.15) is 11.6 Å². The molecule has 0 atom stereocenters. The topological polar surface area (TPSA) is 39.3 Å². The number of aromatic hydroxyl groups is 1. The molecule has 0 aliphatic rings. The number of rotatable bonds is 6. The second-order valence-electron chi connectivity index (χ2n) is 6.17. The Labute approximate surface area is 141 Å². The first-order valence-corrected chi connectivity index (χ1v) is 8.34. The van der Waals surface area contributed by atoms with E-state index in [1.54, 1.807) is 6.92 Å². The first kappa shape index (κ1) is 16.5. The van der Waals surface area contributed by atoms with Crippen LogP contribution in [0.15, 0.2) is 42.6 Å². The van der Waals surface area contributed by atoms with E-state index < -0.39 is 0 Å². The van der Waals surface area contributed by atoms with Gasteiger partial charge in [0.2, 0.25) is 0 Å². The molecule has 126 valence electrons. The highest BCUT2D eigenvalue weighted by Gasteiger charge is 2.15. The molecular weight excluding hydrogens is 303 g/mol. The minimum Gasteiger partial charge on any atom is -0.507 e. The Kier molecular flexibility index (Phi) is 4.86. The normalized spacial score (nSPS) is 11.5. The molecule has 4 heteroatoms. The zero-order valence-electron chi connectivity index (χ0n) is 14.1. The highest BCUT2D eigenvalue weighted by Crippen LogP contribution is 2.32. The van der Waals surface area contributed by atoms with Crippen molar-refractivity contribution in [3.8, 4) is 5.75 Å². The van der Waals surface area contributed by atoms with Gasteiger partial charge < -0.3 is 10.1 Å². The third-order valence-corrected chi connectivity index (χ3v) is 4.61. The largest absolute Gasteiger partial charge is 0.507 e. The SMILES string of the molecule is CCN(CCc1c[nH]c2c(C)c(F)cc(O)c12)Cc1ccccc1. The second-order valence-corrected chi connectivity index (χ2v) is 6.17. The van der Waals surface area contributed by atoms with Gasteiger partial charge in [0, 0.05) is 36.3 Å². The third-order valence-electron chi connectivity index (χ3n) is 4.61. The second kappa shape index (κ2) is 7.05. The lowest BCUT2D eigenvalue weighted by molar-refractivity contribution is 0.284. The molecule has 24 heavy (non-hydrogen) atoms. The molecule has 2 N–H and O–H groups in total. The number of nitrogens with one attached hydrogen (secondary N) is 1. The van der Waals surface area contributed by atoms with Crippen molar-refractivity contribution in [3.63, 3.8) is 0 Å². The summed E-state index contributed by atoms with van der Waals surface area (Å²) in [6.07, 6.45) is 2.69. The summed E-state index contributed by atoms with van der Waals surface area (Å²) in [5.74, 6) is -0.372. The van der Waals surface area contributed by atoms with Gasteiger partial charge in [-0.15, -0.1) is 0 Å². The zero-order chi connectivity index (χ0) is 17.1. The molecule has 0 saturated carbocycles. The number of fused-ring (bicyclic) bond motifs is 1. The molecule has 0 aliphatic carbocycles. The van der Waals surface area contributed by atoms with E-state index in [-0.39, 0.29) is 11.6 Å². The monoisotopic (exact) mass is 326 g/mol. The fourth-order valence-corrected chi connectivity index (χ4v) is 3.14. The number of likely N-dealkylation sites (N-methyl/N-ethyl adjacent to an activating group) is 1. The molecule has 0 saturated heterocycles. The van der Waals surface area contributed by atoms with Crippen LogP contribution >= 0.6 is 0 Å². The number of aromatic nitrogens is 1. The van der Waals surface area contributed by atoms with Crippen molar-refractivity contribution in [2.75, 3.05) is 13.1 Å². The minimum absolute atomic E-state index is 0.00968. The van der Waals surface area contributed by atoms with E-state index in [1.165, 1.54) is 11.6 Å². The number of phenols is 1. The van der Waals surface area contributed by atoms with Crippen LogP contribution in [0.2, 0.25) is 0 Å². The molecule has 3 rings (SSSR count). The quantitative estimate of drug-likeness (QED) is 0.705. The first-order valence-electron chi connectivity index (χ1n) is 8.34. The van der Waals surface area contributed by atoms with Crippen molar-refractivity contribution in [3.05, 3.63) is 65.1 Å². The summed E-state index contributed by atoms with van der Waals surface area (Å²) >= 11 is 0. The maximum absolute atomic E-state index is 13.7. The standard InChI is InChI=1S/C20H23FN2O/c1-3-23(13-15-7-5-4-6-8-15)10-9-16-12-22-20-14(2)17(21)11-18(24)19(16)20/h4-8,11-12,22,24H,3,9-10,13H2,1-2H3. The summed E-state index contributed by atoms with van der Waals surface area (Å²) < 4.78 is 13.7. The molecule has 0 bridgehead atoms. The predicted octanol–water partition coefficient (Wildman–Crippen LogP) is 4.39. The maximum Gasteiger partial charge on any atom is 0.131 e. The van der Waals surface area contributed by atoms with E-state index in [4.69, 9.17) is 0 Å². The Balaban J connectivity index is 1.76. The Morgan fingerprint density at radius 2 is 1.96 bits per heavy atom. The smallest absolute Gasteiger partial charge is 0.131 e. The van der Waals surface area contributed by atoms with Crippen LogP contribution in [0.5, 0.6) is 5.75 Å². The summed E-state index contributed by atoms with van der Waals surface area (Å²) in [5, 5.41) is 10.9. The third kappa shape index (κ3) is 3.29. The van der Waals surface area contributed by atoms with Gasteiger partial charge >= 0.3 is 0 Å². The number of hydrogen-bond donors (Lipinski definition) is 2. The van der Waals surface area contributed by atoms with Crippen LogP contribution < -0.4 is 0 Å². The molecule has 0 aliphatic heterocycles. The number of aryl methyl sites for hydroxylation is 1. The molecule has 0 amide bonds. The predicted molar refractivity (Wildman–Crippen MR) is 95.8 cm³/mol. The molecule has 0 unspecified atom stereocenters. The van der Waals surface area contributed by atoms with Gasteiger partial charge in [0.05, 0.1) is 5.52 Å². The van der Waals surface area contributed by atoms with E-state index in [2.05, 4.69) is 41.1 Å². The van der Waals surface area contributed by atoms with Crippen LogP contribution in [0.4, 0.5) is 4.39 Å². The van der Waals surface area contributed by atoms with Gasteiger partial charge in [0.15, 0.2) is 0 Å². The average Bonchev–Trinajstić information content (AvgIpc) is 3.02. The Morgan fingerprint density at radius 3 is 2.67 bits per heavy atom. The van der Waals surface area contributed by atoms with Gasteiger partial charge in [-0.25, -0.2) is 4.39 Å². The highest BCUT2D eigenvalue weighted by atomic mass is 19.1. The number of aromatic amines is 1. The highest BCUT2D eigenvalue weighted by molar-refractivity contribution is 5.91. The lowest BCUT2D eigenvalue weighted by atomic mass is 10.1. The van der Waals surface area contributed by atoms with Crippen LogP contribution in [-0.4, -0.2) is 28.1 Å². The summed E-state index contributed by atoms with van der Waals surface area (Å²) in [5.41, 5.74) is 3.55. The fraction of sp³-hybridized carbons (Fsp3) is 0.300. The first-order chi connectivity index (χ1) is 11.6. The lowest BCUT2D eigenvalue weighted by Crippen LogP contribution is -2.25. The molecule has 1 aromatic heterocycles. The maximum atomic E-state index is 13.7. The van der Waals surface area contributed by atoms with Crippen molar-refractivity contribution < 1.29 is 9.50 Å². The number of halogens is 1. The molecule has 0 radical (unpaired) electrons. The van der Waals surface area contributed by atoms with Gasteiger partial charge in [-0.05, 0) is 31.0 Å². The van der Waals surface area contributed by atoms with Crippen molar-refractivity contribution >= 4 is 10.9 Å². The zero-order valence-corrected chi connectivity index (χ0v) is 14.1. The van der Waals surface area contributed by atoms with Crippen molar-refractivity contribution in [1.29, 1.82) is 0 Å². The fourth-order valence-electron chi connectivity index (χ4n) is 3.14. The van der Waals surface area contributed by atoms with Crippen LogP contribution in [0.1, 0.15) is 23.6 Å². The minimum atomic E-state index is -0.382. The van der Waals surface area contributed by atoms with Crippen LogP contribution in [-0.2, 0) is 13.0 Å². The van der Waals surface area contributed by atoms with E-state index in [9.17, 15) is 9.50 Å². The van der Waals surface area contributed by atoms with Gasteiger partial charge in [-0.3, -0.25) is 4.90 Å². The van der Waals surface area contributed by atoms with E-state index in [1.807, 2.05) is 12.3 Å². The van der Waals surface area contributed by atoms with E-state index in [0.717, 1.165) is 37.0 Å².